The fraction of sp³-hybridized carbons (Fsp3) is 1.00. The van der Waals surface area contributed by atoms with Crippen molar-refractivity contribution < 1.29 is 24.7 Å². The van der Waals surface area contributed by atoms with E-state index in [1.54, 1.807) is 0 Å². The zero-order chi connectivity index (χ0) is 17.6. The van der Waals surface area contributed by atoms with Crippen molar-refractivity contribution in [1.29, 1.82) is 0 Å². The van der Waals surface area contributed by atoms with Gasteiger partial charge in [0.25, 0.3) is 0 Å². The van der Waals surface area contributed by atoms with E-state index in [1.165, 1.54) is 44.9 Å². The van der Waals surface area contributed by atoms with Gasteiger partial charge in [-0.15, -0.1) is 0 Å². The topological polar surface area (TPSA) is 57.2 Å². The van der Waals surface area contributed by atoms with Gasteiger partial charge in [-0.3, -0.25) is 0 Å². The molecule has 0 aromatic carbocycles. The molecule has 0 aromatic heterocycles. The summed E-state index contributed by atoms with van der Waals surface area (Å²) < 4.78 is 0. The molecule has 1 unspecified atom stereocenters. The molecule has 5 nitrogen and oxygen atoms in total. The SMILES string of the molecule is OCCCCCCC1COOC2(CCCCCCCCCCC2)OO1. The molecule has 1 spiro atoms. The maximum Gasteiger partial charge on any atom is 0.234 e. The van der Waals surface area contributed by atoms with Gasteiger partial charge in [0.15, 0.2) is 0 Å². The summed E-state index contributed by atoms with van der Waals surface area (Å²) in [5.74, 6) is -0.717. The molecule has 0 radical (unpaired) electrons. The molecule has 1 heterocycles. The fourth-order valence-corrected chi connectivity index (χ4v) is 3.70. The maximum atomic E-state index is 8.82. The van der Waals surface area contributed by atoms with E-state index in [9.17, 15) is 0 Å². The number of aliphatic hydroxyl groups is 1. The molecule has 0 amide bonds. The second-order valence-electron chi connectivity index (χ2n) is 7.69. The van der Waals surface area contributed by atoms with Gasteiger partial charge in [-0.05, 0) is 25.7 Å². The Kier molecular flexibility index (Phi) is 11.0. The van der Waals surface area contributed by atoms with Crippen LogP contribution in [0.2, 0.25) is 0 Å². The summed E-state index contributed by atoms with van der Waals surface area (Å²) in [6.45, 7) is 0.713. The zero-order valence-corrected chi connectivity index (χ0v) is 15.9. The van der Waals surface area contributed by atoms with E-state index < -0.39 is 5.79 Å². The Morgan fingerprint density at radius 2 is 1.32 bits per heavy atom. The molecule has 2 rings (SSSR count). The predicted octanol–water partition coefficient (Wildman–Crippen LogP) is 5.21. The molecular weight excluding hydrogens is 320 g/mol. The van der Waals surface area contributed by atoms with Gasteiger partial charge in [0.1, 0.15) is 12.7 Å². The zero-order valence-electron chi connectivity index (χ0n) is 15.9. The van der Waals surface area contributed by atoms with Gasteiger partial charge in [0.05, 0.1) is 0 Å². The second kappa shape index (κ2) is 13.0. The lowest BCUT2D eigenvalue weighted by Crippen LogP contribution is -2.35. The van der Waals surface area contributed by atoms with E-state index in [0.717, 1.165) is 57.8 Å². The van der Waals surface area contributed by atoms with Crippen LogP contribution in [-0.4, -0.2) is 30.2 Å². The Balaban J connectivity index is 1.75. The van der Waals surface area contributed by atoms with E-state index in [4.69, 9.17) is 24.7 Å². The normalized spacial score (nSPS) is 26.5. The molecule has 5 heteroatoms. The van der Waals surface area contributed by atoms with E-state index in [2.05, 4.69) is 0 Å². The number of hydrogen-bond donors (Lipinski definition) is 1. The molecule has 0 aromatic rings. The number of unbranched alkanes of at least 4 members (excludes halogenated alkanes) is 3. The Hall–Kier alpha value is -0.200. The van der Waals surface area contributed by atoms with Crippen LogP contribution >= 0.6 is 0 Å². The van der Waals surface area contributed by atoms with Gasteiger partial charge >= 0.3 is 0 Å². The Morgan fingerprint density at radius 1 is 0.720 bits per heavy atom. The average molecular weight is 359 g/mol. The van der Waals surface area contributed by atoms with E-state index >= 15 is 0 Å². The maximum absolute atomic E-state index is 8.82. The highest BCUT2D eigenvalue weighted by Gasteiger charge is 2.38. The van der Waals surface area contributed by atoms with Gasteiger partial charge in [0.2, 0.25) is 5.79 Å². The van der Waals surface area contributed by atoms with E-state index in [1.807, 2.05) is 0 Å². The molecule has 1 atom stereocenters. The van der Waals surface area contributed by atoms with Gasteiger partial charge in [-0.1, -0.05) is 64.2 Å². The minimum absolute atomic E-state index is 0.0603. The highest BCUT2D eigenvalue weighted by molar-refractivity contribution is 4.70. The summed E-state index contributed by atoms with van der Waals surface area (Å²) in [5.41, 5.74) is 0. The summed E-state index contributed by atoms with van der Waals surface area (Å²) in [7, 11) is 0. The van der Waals surface area contributed by atoms with Crippen molar-refractivity contribution >= 4 is 0 Å². The van der Waals surface area contributed by atoms with Crippen molar-refractivity contribution in [2.75, 3.05) is 13.2 Å². The quantitative estimate of drug-likeness (QED) is 0.522. The first-order valence-electron chi connectivity index (χ1n) is 10.6. The molecule has 1 saturated carbocycles. The van der Waals surface area contributed by atoms with Crippen LogP contribution < -0.4 is 0 Å². The monoisotopic (exact) mass is 358 g/mol. The van der Waals surface area contributed by atoms with E-state index in [-0.39, 0.29) is 12.7 Å². The summed E-state index contributed by atoms with van der Waals surface area (Å²) in [6.07, 6.45) is 18.0. The number of rotatable bonds is 6. The Bertz CT molecular complexity index is 311. The highest BCUT2D eigenvalue weighted by Crippen LogP contribution is 2.32. The van der Waals surface area contributed by atoms with Crippen molar-refractivity contribution in [1.82, 2.24) is 0 Å². The van der Waals surface area contributed by atoms with Gasteiger partial charge in [0, 0.05) is 19.4 Å². The highest BCUT2D eigenvalue weighted by atomic mass is 17.3. The predicted molar refractivity (Wildman–Crippen MR) is 96.7 cm³/mol. The van der Waals surface area contributed by atoms with Crippen molar-refractivity contribution in [2.24, 2.45) is 0 Å². The standard InChI is InChI=1S/C20H38O5/c21-17-13-9-6-10-14-19-18-22-24-20(25-23-19)15-11-7-4-2-1-3-5-8-12-16-20/h19,21H,1-18H2. The van der Waals surface area contributed by atoms with Crippen molar-refractivity contribution in [3.05, 3.63) is 0 Å². The third-order valence-electron chi connectivity index (χ3n) is 5.35. The lowest BCUT2D eigenvalue weighted by atomic mass is 9.97. The van der Waals surface area contributed by atoms with Crippen LogP contribution in [0.1, 0.15) is 103 Å². The molecule has 148 valence electrons. The van der Waals surface area contributed by atoms with Gasteiger partial charge in [-0.25, -0.2) is 9.78 Å². The molecule has 1 saturated heterocycles. The van der Waals surface area contributed by atoms with Crippen LogP contribution in [0.15, 0.2) is 0 Å². The lowest BCUT2D eigenvalue weighted by Gasteiger charge is -2.29. The van der Waals surface area contributed by atoms with Crippen LogP contribution in [0.4, 0.5) is 0 Å². The van der Waals surface area contributed by atoms with Crippen LogP contribution in [0, 0.1) is 0 Å². The minimum Gasteiger partial charge on any atom is -0.396 e. The number of aliphatic hydroxyl groups excluding tert-OH is 1. The molecule has 1 aliphatic carbocycles. The van der Waals surface area contributed by atoms with Crippen LogP contribution in [0.25, 0.3) is 0 Å². The first-order chi connectivity index (χ1) is 12.3. The summed E-state index contributed by atoms with van der Waals surface area (Å²) >= 11 is 0. The van der Waals surface area contributed by atoms with Crippen molar-refractivity contribution in [3.8, 4) is 0 Å². The fourth-order valence-electron chi connectivity index (χ4n) is 3.70. The third-order valence-corrected chi connectivity index (χ3v) is 5.35. The van der Waals surface area contributed by atoms with Crippen LogP contribution in [0.5, 0.6) is 0 Å². The van der Waals surface area contributed by atoms with Gasteiger partial charge < -0.3 is 5.11 Å². The first-order valence-corrected chi connectivity index (χ1v) is 10.6. The van der Waals surface area contributed by atoms with Gasteiger partial charge in [-0.2, -0.15) is 9.78 Å². The second-order valence-corrected chi connectivity index (χ2v) is 7.69. The molecule has 25 heavy (non-hydrogen) atoms. The van der Waals surface area contributed by atoms with Crippen molar-refractivity contribution in [2.45, 2.75) is 115 Å². The Labute approximate surface area is 153 Å². The first kappa shape index (κ1) is 21.1. The van der Waals surface area contributed by atoms with Crippen molar-refractivity contribution in [3.63, 3.8) is 0 Å². The average Bonchev–Trinajstić information content (AvgIpc) is 2.81. The summed E-state index contributed by atoms with van der Waals surface area (Å²) in [4.78, 5) is 22.8. The molecule has 2 fully saturated rings. The molecule has 1 aliphatic heterocycles. The minimum atomic E-state index is -0.717. The van der Waals surface area contributed by atoms with Crippen LogP contribution in [0.3, 0.4) is 0 Å². The smallest absolute Gasteiger partial charge is 0.234 e. The summed E-state index contributed by atoms with van der Waals surface area (Å²) in [6, 6.07) is 0. The largest absolute Gasteiger partial charge is 0.396 e. The lowest BCUT2D eigenvalue weighted by molar-refractivity contribution is -0.486. The molecular formula is C20H38O5. The molecule has 2 aliphatic rings. The van der Waals surface area contributed by atoms with Crippen LogP contribution in [-0.2, 0) is 19.6 Å². The number of hydrogen-bond acceptors (Lipinski definition) is 5. The molecule has 0 bridgehead atoms. The molecule has 1 N–H and O–H groups in total. The summed E-state index contributed by atoms with van der Waals surface area (Å²) in [5, 5.41) is 8.82. The Morgan fingerprint density at radius 3 is 1.96 bits per heavy atom. The third kappa shape index (κ3) is 8.83. The van der Waals surface area contributed by atoms with E-state index in [0.29, 0.717) is 6.61 Å².